The van der Waals surface area contributed by atoms with Crippen molar-refractivity contribution >= 4 is 22.2 Å². The summed E-state index contributed by atoms with van der Waals surface area (Å²) < 4.78 is 5.30. The van der Waals surface area contributed by atoms with E-state index >= 15 is 0 Å². The Bertz CT molecular complexity index is 709. The molecule has 2 heterocycles. The second-order valence-corrected chi connectivity index (χ2v) is 5.70. The summed E-state index contributed by atoms with van der Waals surface area (Å²) in [5, 5.41) is 12.6. The van der Waals surface area contributed by atoms with Crippen LogP contribution >= 0.6 is 11.3 Å². The van der Waals surface area contributed by atoms with E-state index in [-0.39, 0.29) is 18.2 Å². The molecule has 6 heteroatoms. The number of rotatable bonds is 3. The number of hydrogen-bond acceptors (Lipinski definition) is 5. The highest BCUT2D eigenvalue weighted by Gasteiger charge is 2.23. The highest BCUT2D eigenvalue weighted by Crippen LogP contribution is 2.38. The summed E-state index contributed by atoms with van der Waals surface area (Å²) in [6, 6.07) is 5.46. The Morgan fingerprint density at radius 2 is 2.35 bits per heavy atom. The minimum Gasteiger partial charge on any atom is -0.455 e. The van der Waals surface area contributed by atoms with Gasteiger partial charge in [0.2, 0.25) is 0 Å². The van der Waals surface area contributed by atoms with E-state index < -0.39 is 0 Å². The van der Waals surface area contributed by atoms with Gasteiger partial charge in [0, 0.05) is 4.88 Å². The van der Waals surface area contributed by atoms with Crippen LogP contribution in [-0.2, 0) is 19.4 Å². The normalized spacial score (nSPS) is 13.0. The van der Waals surface area contributed by atoms with E-state index in [1.165, 1.54) is 16.2 Å². The van der Waals surface area contributed by atoms with Crippen molar-refractivity contribution in [2.75, 3.05) is 5.32 Å². The molecule has 0 aliphatic heterocycles. The third kappa shape index (κ3) is 2.11. The van der Waals surface area contributed by atoms with Gasteiger partial charge in [-0.3, -0.25) is 4.79 Å². The number of aryl methyl sites for hydroxylation is 1. The Hall–Kier alpha value is -2.10. The number of carbonyl (C=O) groups is 1. The number of nitrogens with zero attached hydrogens (tertiary/aromatic N) is 1. The number of nitriles is 1. The van der Waals surface area contributed by atoms with Gasteiger partial charge in [-0.25, -0.2) is 0 Å². The molecule has 0 atom stereocenters. The molecular weight excluding hydrogens is 274 g/mol. The van der Waals surface area contributed by atoms with Crippen molar-refractivity contribution in [3.63, 3.8) is 0 Å². The zero-order chi connectivity index (χ0) is 14.1. The minimum atomic E-state index is -0.346. The number of nitrogens with one attached hydrogen (secondary N) is 1. The number of hydrogen-bond donors (Lipinski definition) is 2. The Balaban J connectivity index is 1.85. The monoisotopic (exact) mass is 287 g/mol. The van der Waals surface area contributed by atoms with Crippen LogP contribution in [0.3, 0.4) is 0 Å². The largest absolute Gasteiger partial charge is 0.455 e. The van der Waals surface area contributed by atoms with Crippen LogP contribution in [0.1, 0.15) is 38.7 Å². The number of carbonyl (C=O) groups excluding carboxylic acids is 1. The topological polar surface area (TPSA) is 92.0 Å². The van der Waals surface area contributed by atoms with Gasteiger partial charge in [-0.05, 0) is 37.0 Å². The van der Waals surface area contributed by atoms with E-state index in [2.05, 4.69) is 11.4 Å². The summed E-state index contributed by atoms with van der Waals surface area (Å²) in [4.78, 5) is 13.3. The molecule has 0 fully saturated rings. The molecule has 102 valence electrons. The van der Waals surface area contributed by atoms with Crippen LogP contribution in [0.2, 0.25) is 0 Å². The lowest BCUT2D eigenvalue weighted by molar-refractivity contribution is 0.0995. The molecule has 0 saturated heterocycles. The molecule has 0 radical (unpaired) electrons. The van der Waals surface area contributed by atoms with Gasteiger partial charge < -0.3 is 15.5 Å². The second-order valence-electron chi connectivity index (χ2n) is 4.60. The predicted molar refractivity (Wildman–Crippen MR) is 75.6 cm³/mol. The third-order valence-electron chi connectivity index (χ3n) is 3.35. The fourth-order valence-electron chi connectivity index (χ4n) is 2.38. The van der Waals surface area contributed by atoms with Crippen LogP contribution in [0.25, 0.3) is 0 Å². The smallest absolute Gasteiger partial charge is 0.292 e. The van der Waals surface area contributed by atoms with Crippen LogP contribution < -0.4 is 11.1 Å². The molecule has 3 rings (SSSR count). The molecule has 0 unspecified atom stereocenters. The summed E-state index contributed by atoms with van der Waals surface area (Å²) in [5.41, 5.74) is 7.13. The molecule has 2 aromatic rings. The first-order valence-corrected chi connectivity index (χ1v) is 7.19. The molecule has 0 aromatic carbocycles. The van der Waals surface area contributed by atoms with E-state index in [1.54, 1.807) is 12.1 Å². The Morgan fingerprint density at radius 1 is 1.50 bits per heavy atom. The minimum absolute atomic E-state index is 0.211. The van der Waals surface area contributed by atoms with E-state index in [0.717, 1.165) is 24.8 Å². The first-order chi connectivity index (χ1) is 9.72. The Kier molecular flexibility index (Phi) is 3.30. The average Bonchev–Trinajstić information content (AvgIpc) is 3.13. The molecule has 2 aromatic heterocycles. The van der Waals surface area contributed by atoms with E-state index in [0.29, 0.717) is 16.3 Å². The quantitative estimate of drug-likeness (QED) is 0.906. The fraction of sp³-hybridized carbons (Fsp3) is 0.286. The number of nitrogens with two attached hydrogens (primary N) is 1. The first-order valence-electron chi connectivity index (χ1n) is 6.37. The van der Waals surface area contributed by atoms with Crippen LogP contribution in [0.4, 0.5) is 5.00 Å². The van der Waals surface area contributed by atoms with E-state index in [1.807, 2.05) is 0 Å². The fourth-order valence-corrected chi connectivity index (χ4v) is 3.62. The first kappa shape index (κ1) is 12.9. The van der Waals surface area contributed by atoms with Gasteiger partial charge in [0.25, 0.3) is 5.91 Å². The number of anilines is 1. The van der Waals surface area contributed by atoms with Crippen LogP contribution in [-0.4, -0.2) is 5.91 Å². The van der Waals surface area contributed by atoms with E-state index in [9.17, 15) is 10.1 Å². The summed E-state index contributed by atoms with van der Waals surface area (Å²) in [5.74, 6) is 0.424. The van der Waals surface area contributed by atoms with Crippen LogP contribution in [0, 0.1) is 11.3 Å². The predicted octanol–water partition coefficient (Wildman–Crippen LogP) is 2.41. The van der Waals surface area contributed by atoms with Gasteiger partial charge in [0.1, 0.15) is 16.8 Å². The average molecular weight is 287 g/mol. The summed E-state index contributed by atoms with van der Waals surface area (Å²) in [7, 11) is 0. The molecule has 0 bridgehead atoms. The van der Waals surface area contributed by atoms with Crippen molar-refractivity contribution in [1.82, 2.24) is 0 Å². The number of amides is 1. The highest BCUT2D eigenvalue weighted by atomic mass is 32.1. The van der Waals surface area contributed by atoms with Gasteiger partial charge in [0.05, 0.1) is 12.1 Å². The van der Waals surface area contributed by atoms with Crippen molar-refractivity contribution in [1.29, 1.82) is 5.26 Å². The number of thiophene rings is 1. The molecule has 0 saturated carbocycles. The number of fused-ring (bicyclic) bond motifs is 1. The van der Waals surface area contributed by atoms with E-state index in [4.69, 9.17) is 10.2 Å². The molecular formula is C14H13N3O2S. The maximum absolute atomic E-state index is 12.1. The van der Waals surface area contributed by atoms with Crippen molar-refractivity contribution in [2.24, 2.45) is 5.73 Å². The lowest BCUT2D eigenvalue weighted by Gasteiger charge is -2.01. The number of furan rings is 1. The lowest BCUT2D eigenvalue weighted by atomic mass is 10.1. The molecule has 0 spiro atoms. The second kappa shape index (κ2) is 5.12. The van der Waals surface area contributed by atoms with Gasteiger partial charge in [0.15, 0.2) is 5.76 Å². The van der Waals surface area contributed by atoms with Crippen molar-refractivity contribution in [2.45, 2.75) is 25.8 Å². The van der Waals surface area contributed by atoms with Crippen molar-refractivity contribution in [3.8, 4) is 6.07 Å². The molecule has 1 amide bonds. The zero-order valence-corrected chi connectivity index (χ0v) is 11.5. The Labute approximate surface area is 120 Å². The summed E-state index contributed by atoms with van der Waals surface area (Å²) >= 11 is 1.49. The van der Waals surface area contributed by atoms with Crippen molar-refractivity contribution in [3.05, 3.63) is 39.7 Å². The highest BCUT2D eigenvalue weighted by molar-refractivity contribution is 7.16. The molecule has 1 aliphatic carbocycles. The summed E-state index contributed by atoms with van der Waals surface area (Å²) in [6.45, 7) is 0.254. The SMILES string of the molecule is N#Cc1c(NC(=O)c2ccc(CN)o2)sc2c1CCC2. The molecule has 1 aliphatic rings. The standard InChI is InChI=1S/C14H13N3O2S/c15-6-8-4-5-11(19-8)13(18)17-14-10(7-16)9-2-1-3-12(9)20-14/h4-5H,1-3,6,15H2,(H,17,18). The molecule has 20 heavy (non-hydrogen) atoms. The van der Waals surface area contributed by atoms with Crippen LogP contribution in [0.5, 0.6) is 0 Å². The van der Waals surface area contributed by atoms with Crippen molar-refractivity contribution < 1.29 is 9.21 Å². The van der Waals surface area contributed by atoms with Gasteiger partial charge in [-0.2, -0.15) is 5.26 Å². The Morgan fingerprint density at radius 3 is 3.05 bits per heavy atom. The molecule has 3 N–H and O–H groups in total. The third-order valence-corrected chi connectivity index (χ3v) is 4.55. The maximum atomic E-state index is 12.1. The maximum Gasteiger partial charge on any atom is 0.292 e. The zero-order valence-electron chi connectivity index (χ0n) is 10.7. The van der Waals surface area contributed by atoms with Gasteiger partial charge >= 0.3 is 0 Å². The summed E-state index contributed by atoms with van der Waals surface area (Å²) in [6.07, 6.45) is 2.99. The lowest BCUT2D eigenvalue weighted by Crippen LogP contribution is -2.11. The van der Waals surface area contributed by atoms with Gasteiger partial charge in [-0.15, -0.1) is 11.3 Å². The molecule has 5 nitrogen and oxygen atoms in total. The van der Waals surface area contributed by atoms with Gasteiger partial charge in [-0.1, -0.05) is 0 Å². The van der Waals surface area contributed by atoms with Crippen LogP contribution in [0.15, 0.2) is 16.5 Å².